The number of halogens is 2. The Labute approximate surface area is 122 Å². The van der Waals surface area contributed by atoms with Crippen LogP contribution in [-0.4, -0.2) is 30.1 Å². The Balaban J connectivity index is 2.07. The van der Waals surface area contributed by atoms with Gasteiger partial charge in [-0.3, -0.25) is 0 Å². The Hall–Kier alpha value is 0.0700. The van der Waals surface area contributed by atoms with Crippen LogP contribution in [0.25, 0.3) is 0 Å². The zero-order valence-electron chi connectivity index (χ0n) is 10.2. The van der Waals surface area contributed by atoms with Gasteiger partial charge in [-0.1, -0.05) is 23.2 Å². The Morgan fingerprint density at radius 1 is 1.44 bits per heavy atom. The maximum absolute atomic E-state index is 9.65. The molecule has 0 spiro atoms. The number of aliphatic hydroxyl groups is 1. The van der Waals surface area contributed by atoms with Crippen LogP contribution in [0.3, 0.4) is 0 Å². The molecule has 0 aliphatic heterocycles. The molecule has 0 bridgehead atoms. The van der Waals surface area contributed by atoms with Crippen LogP contribution >= 0.6 is 35.0 Å². The van der Waals surface area contributed by atoms with E-state index in [1.165, 1.54) is 12.8 Å². The summed E-state index contributed by atoms with van der Waals surface area (Å²) in [6.07, 6.45) is 2.37. The van der Waals surface area contributed by atoms with Crippen LogP contribution in [-0.2, 0) is 0 Å². The van der Waals surface area contributed by atoms with Gasteiger partial charge in [0.05, 0.1) is 17.2 Å². The molecule has 0 aromatic heterocycles. The molecule has 1 unspecified atom stereocenters. The van der Waals surface area contributed by atoms with Crippen molar-refractivity contribution in [3.8, 4) is 0 Å². The first-order chi connectivity index (χ1) is 8.61. The summed E-state index contributed by atoms with van der Waals surface area (Å²) in [5, 5.41) is 14.3. The van der Waals surface area contributed by atoms with Gasteiger partial charge in [0.15, 0.2) is 0 Å². The number of aliphatic hydroxyl groups excluding tert-OH is 1. The molecule has 5 heteroatoms. The van der Waals surface area contributed by atoms with Gasteiger partial charge in [0.2, 0.25) is 0 Å². The third-order valence-electron chi connectivity index (χ3n) is 3.52. The molecule has 0 radical (unpaired) electrons. The van der Waals surface area contributed by atoms with Crippen LogP contribution in [0.4, 0.5) is 0 Å². The fraction of sp³-hybridized carbons (Fsp3) is 0.538. The topological polar surface area (TPSA) is 32.3 Å². The van der Waals surface area contributed by atoms with Crippen molar-refractivity contribution in [1.29, 1.82) is 0 Å². The maximum Gasteiger partial charge on any atom is 0.0624 e. The second-order valence-corrected chi connectivity index (χ2v) is 6.56. The van der Waals surface area contributed by atoms with E-state index in [4.69, 9.17) is 23.2 Å². The third kappa shape index (κ3) is 3.14. The van der Waals surface area contributed by atoms with Crippen molar-refractivity contribution < 1.29 is 5.11 Å². The van der Waals surface area contributed by atoms with Crippen LogP contribution in [0.5, 0.6) is 0 Å². The van der Waals surface area contributed by atoms with E-state index >= 15 is 0 Å². The van der Waals surface area contributed by atoms with Crippen LogP contribution in [0.2, 0.25) is 10.0 Å². The fourth-order valence-corrected chi connectivity index (χ4v) is 3.90. The molecule has 2 N–H and O–H groups in total. The van der Waals surface area contributed by atoms with Crippen molar-refractivity contribution in [3.63, 3.8) is 0 Å². The Morgan fingerprint density at radius 3 is 2.72 bits per heavy atom. The fourth-order valence-electron chi connectivity index (χ4n) is 2.08. The minimum atomic E-state index is -0.198. The normalized spacial score (nSPS) is 18.7. The van der Waals surface area contributed by atoms with Gasteiger partial charge in [-0.05, 0) is 44.0 Å². The first-order valence-electron chi connectivity index (χ1n) is 5.99. The highest BCUT2D eigenvalue weighted by Crippen LogP contribution is 2.43. The van der Waals surface area contributed by atoms with Gasteiger partial charge < -0.3 is 10.4 Å². The van der Waals surface area contributed by atoms with E-state index in [0.29, 0.717) is 16.0 Å². The highest BCUT2D eigenvalue weighted by molar-refractivity contribution is 7.99. The number of benzene rings is 1. The molecule has 1 aliphatic rings. The number of rotatable bonds is 6. The van der Waals surface area contributed by atoms with E-state index in [9.17, 15) is 5.11 Å². The molecule has 100 valence electrons. The number of thioether (sulfide) groups is 1. The molecule has 1 fully saturated rings. The zero-order valence-corrected chi connectivity index (χ0v) is 12.6. The summed E-state index contributed by atoms with van der Waals surface area (Å²) in [4.78, 5) is 0.970. The summed E-state index contributed by atoms with van der Waals surface area (Å²) in [5.41, 5.74) is -0.198. The predicted molar refractivity (Wildman–Crippen MR) is 78.8 cm³/mol. The Kier molecular flexibility index (Phi) is 4.84. The summed E-state index contributed by atoms with van der Waals surface area (Å²) in [6.45, 7) is 0.152. The zero-order chi connectivity index (χ0) is 13.2. The SMILES string of the molecule is CNC(CO)(CSc1cc(Cl)ccc1Cl)C1CC1. The predicted octanol–water partition coefficient (Wildman–Crippen LogP) is 3.45. The second-order valence-electron chi connectivity index (χ2n) is 4.70. The first kappa shape index (κ1) is 14.5. The van der Waals surface area contributed by atoms with Gasteiger partial charge in [0, 0.05) is 15.7 Å². The molecule has 0 saturated heterocycles. The van der Waals surface area contributed by atoms with Gasteiger partial charge in [0.25, 0.3) is 0 Å². The van der Waals surface area contributed by atoms with Crippen LogP contribution in [0, 0.1) is 5.92 Å². The van der Waals surface area contributed by atoms with Crippen molar-refractivity contribution in [1.82, 2.24) is 5.32 Å². The van der Waals surface area contributed by atoms with Crippen LogP contribution < -0.4 is 5.32 Å². The largest absolute Gasteiger partial charge is 0.394 e. The molecule has 1 aromatic carbocycles. The lowest BCUT2D eigenvalue weighted by Gasteiger charge is -2.31. The molecule has 2 nitrogen and oxygen atoms in total. The van der Waals surface area contributed by atoms with Crippen molar-refractivity contribution in [2.24, 2.45) is 5.92 Å². The smallest absolute Gasteiger partial charge is 0.0624 e. The van der Waals surface area contributed by atoms with Gasteiger partial charge in [0.1, 0.15) is 0 Å². The standard InChI is InChI=1S/C13H17Cl2NOS/c1-16-13(7-17,9-2-3-9)8-18-12-6-10(14)4-5-11(12)15/h4-6,9,16-17H,2-3,7-8H2,1H3. The first-order valence-corrected chi connectivity index (χ1v) is 7.73. The third-order valence-corrected chi connectivity index (χ3v) is 5.50. The van der Waals surface area contributed by atoms with E-state index in [2.05, 4.69) is 5.32 Å². The Morgan fingerprint density at radius 2 is 2.17 bits per heavy atom. The van der Waals surface area contributed by atoms with E-state index in [1.54, 1.807) is 17.8 Å². The highest BCUT2D eigenvalue weighted by atomic mass is 35.5. The molecule has 1 atom stereocenters. The second kappa shape index (κ2) is 6.02. The maximum atomic E-state index is 9.65. The van der Waals surface area contributed by atoms with Gasteiger partial charge in [-0.25, -0.2) is 0 Å². The summed E-state index contributed by atoms with van der Waals surface area (Å²) in [5.74, 6) is 1.36. The minimum Gasteiger partial charge on any atom is -0.394 e. The van der Waals surface area contributed by atoms with E-state index in [0.717, 1.165) is 10.6 Å². The molecule has 1 aromatic rings. The van der Waals surface area contributed by atoms with Crippen LogP contribution in [0.1, 0.15) is 12.8 Å². The number of likely N-dealkylation sites (N-methyl/N-ethyl adjacent to an activating group) is 1. The van der Waals surface area contributed by atoms with Crippen molar-refractivity contribution in [3.05, 3.63) is 28.2 Å². The summed E-state index contributed by atoms with van der Waals surface area (Å²) in [7, 11) is 1.91. The molecule has 0 heterocycles. The summed E-state index contributed by atoms with van der Waals surface area (Å²) >= 11 is 13.8. The molecule has 2 rings (SSSR count). The van der Waals surface area contributed by atoms with Crippen molar-refractivity contribution >= 4 is 35.0 Å². The summed E-state index contributed by atoms with van der Waals surface area (Å²) in [6, 6.07) is 5.47. The average Bonchev–Trinajstić information content (AvgIpc) is 3.20. The highest BCUT2D eigenvalue weighted by Gasteiger charge is 2.43. The lowest BCUT2D eigenvalue weighted by Crippen LogP contribution is -2.51. The van der Waals surface area contributed by atoms with E-state index in [1.807, 2.05) is 19.2 Å². The molecule has 0 amide bonds. The number of hydrogen-bond acceptors (Lipinski definition) is 3. The van der Waals surface area contributed by atoms with Crippen molar-refractivity contribution in [2.45, 2.75) is 23.3 Å². The summed E-state index contributed by atoms with van der Waals surface area (Å²) < 4.78 is 0. The molecule has 1 aliphatic carbocycles. The van der Waals surface area contributed by atoms with Crippen LogP contribution in [0.15, 0.2) is 23.1 Å². The molecule has 18 heavy (non-hydrogen) atoms. The lowest BCUT2D eigenvalue weighted by atomic mass is 9.97. The number of hydrogen-bond donors (Lipinski definition) is 2. The monoisotopic (exact) mass is 305 g/mol. The van der Waals surface area contributed by atoms with E-state index < -0.39 is 0 Å². The van der Waals surface area contributed by atoms with E-state index in [-0.39, 0.29) is 12.1 Å². The Bertz CT molecular complexity index is 419. The molecular weight excluding hydrogens is 289 g/mol. The number of nitrogens with one attached hydrogen (secondary N) is 1. The molecular formula is C13H17Cl2NOS. The lowest BCUT2D eigenvalue weighted by molar-refractivity contribution is 0.167. The minimum absolute atomic E-state index is 0.152. The molecule has 1 saturated carbocycles. The average molecular weight is 306 g/mol. The van der Waals surface area contributed by atoms with Gasteiger partial charge in [-0.2, -0.15) is 0 Å². The van der Waals surface area contributed by atoms with Crippen molar-refractivity contribution in [2.75, 3.05) is 19.4 Å². The van der Waals surface area contributed by atoms with Gasteiger partial charge in [-0.15, -0.1) is 11.8 Å². The van der Waals surface area contributed by atoms with Gasteiger partial charge >= 0.3 is 0 Å². The quantitative estimate of drug-likeness (QED) is 0.790.